The first-order valence-corrected chi connectivity index (χ1v) is 11.1. The van der Waals surface area contributed by atoms with Gasteiger partial charge in [0.2, 0.25) is 0 Å². The average Bonchev–Trinajstić information content (AvgIpc) is 3.31. The van der Waals surface area contributed by atoms with Crippen LogP contribution in [0, 0.1) is 0 Å². The number of halogens is 1. The molecule has 4 nitrogen and oxygen atoms in total. The SMILES string of the molecule is CN(Cc1cc(Cl)c(Cc2ccc(-n3cccn3)cc2)cc1C=O)C1CCCCC1. The van der Waals surface area contributed by atoms with Crippen LogP contribution in [0.3, 0.4) is 0 Å². The molecule has 2 aromatic carbocycles. The molecule has 0 saturated heterocycles. The normalized spacial score (nSPS) is 14.9. The molecule has 1 aliphatic rings. The Morgan fingerprint density at radius 1 is 1.13 bits per heavy atom. The fraction of sp³-hybridized carbons (Fsp3) is 0.360. The highest BCUT2D eigenvalue weighted by Gasteiger charge is 2.19. The Kier molecular flexibility index (Phi) is 6.66. The van der Waals surface area contributed by atoms with E-state index >= 15 is 0 Å². The molecule has 1 fully saturated rings. The Balaban J connectivity index is 1.49. The highest BCUT2D eigenvalue weighted by atomic mass is 35.5. The lowest BCUT2D eigenvalue weighted by molar-refractivity contribution is 0.112. The van der Waals surface area contributed by atoms with Crippen LogP contribution in [0.25, 0.3) is 5.69 Å². The lowest BCUT2D eigenvalue weighted by Crippen LogP contribution is -2.33. The summed E-state index contributed by atoms with van der Waals surface area (Å²) in [5, 5.41) is 4.98. The minimum absolute atomic E-state index is 0.602. The first-order chi connectivity index (χ1) is 14.6. The summed E-state index contributed by atoms with van der Waals surface area (Å²) in [5.41, 5.74) is 4.90. The zero-order valence-corrected chi connectivity index (χ0v) is 18.2. The van der Waals surface area contributed by atoms with Gasteiger partial charge in [-0.3, -0.25) is 9.69 Å². The predicted octanol–water partition coefficient (Wildman–Crippen LogP) is 5.69. The van der Waals surface area contributed by atoms with E-state index in [0.717, 1.165) is 45.8 Å². The molecule has 0 bridgehead atoms. The van der Waals surface area contributed by atoms with Crippen LogP contribution in [0.15, 0.2) is 54.9 Å². The maximum atomic E-state index is 11.8. The molecule has 5 heteroatoms. The highest BCUT2D eigenvalue weighted by Crippen LogP contribution is 2.27. The van der Waals surface area contributed by atoms with Crippen molar-refractivity contribution in [3.63, 3.8) is 0 Å². The number of hydrogen-bond acceptors (Lipinski definition) is 3. The predicted molar refractivity (Wildman–Crippen MR) is 122 cm³/mol. The van der Waals surface area contributed by atoms with Crippen molar-refractivity contribution in [2.75, 3.05) is 7.05 Å². The lowest BCUT2D eigenvalue weighted by atomic mass is 9.93. The van der Waals surface area contributed by atoms with Gasteiger partial charge in [0, 0.05) is 35.6 Å². The van der Waals surface area contributed by atoms with E-state index in [1.165, 1.54) is 32.1 Å². The van der Waals surface area contributed by atoms with Crippen molar-refractivity contribution < 1.29 is 4.79 Å². The van der Waals surface area contributed by atoms with Crippen LogP contribution in [0.2, 0.25) is 5.02 Å². The second-order valence-corrected chi connectivity index (χ2v) is 8.67. The van der Waals surface area contributed by atoms with Gasteiger partial charge in [-0.1, -0.05) is 43.0 Å². The molecule has 0 radical (unpaired) electrons. The van der Waals surface area contributed by atoms with Gasteiger partial charge in [0.15, 0.2) is 0 Å². The molecule has 0 N–H and O–H groups in total. The van der Waals surface area contributed by atoms with Gasteiger partial charge < -0.3 is 0 Å². The van der Waals surface area contributed by atoms with Crippen LogP contribution in [0.4, 0.5) is 0 Å². The summed E-state index contributed by atoms with van der Waals surface area (Å²) in [5.74, 6) is 0. The third kappa shape index (κ3) is 4.82. The molecule has 3 aromatic rings. The Morgan fingerprint density at radius 3 is 2.57 bits per heavy atom. The van der Waals surface area contributed by atoms with E-state index in [1.54, 1.807) is 6.20 Å². The van der Waals surface area contributed by atoms with Gasteiger partial charge in [0.25, 0.3) is 0 Å². The summed E-state index contributed by atoms with van der Waals surface area (Å²) in [6.45, 7) is 0.761. The number of rotatable bonds is 7. The fourth-order valence-corrected chi connectivity index (χ4v) is 4.64. The Morgan fingerprint density at radius 2 is 1.90 bits per heavy atom. The van der Waals surface area contributed by atoms with Crippen molar-refractivity contribution in [3.05, 3.63) is 82.1 Å². The fourth-order valence-electron chi connectivity index (χ4n) is 4.39. The summed E-state index contributed by atoms with van der Waals surface area (Å²) >= 11 is 6.64. The van der Waals surface area contributed by atoms with Gasteiger partial charge in [0.05, 0.1) is 5.69 Å². The molecule has 4 rings (SSSR count). The van der Waals surface area contributed by atoms with Crippen LogP contribution in [0.1, 0.15) is 59.2 Å². The molecule has 0 unspecified atom stereocenters. The summed E-state index contributed by atoms with van der Waals surface area (Å²) in [7, 11) is 2.16. The number of aromatic nitrogens is 2. The van der Waals surface area contributed by atoms with Crippen molar-refractivity contribution >= 4 is 17.9 Å². The van der Waals surface area contributed by atoms with Crippen molar-refractivity contribution in [2.24, 2.45) is 0 Å². The van der Waals surface area contributed by atoms with Crippen molar-refractivity contribution in [3.8, 4) is 5.69 Å². The molecule has 0 aliphatic heterocycles. The molecule has 0 spiro atoms. The quantitative estimate of drug-likeness (QED) is 0.459. The van der Waals surface area contributed by atoms with Crippen LogP contribution >= 0.6 is 11.6 Å². The summed E-state index contributed by atoms with van der Waals surface area (Å²) in [6.07, 6.45) is 11.8. The van der Waals surface area contributed by atoms with E-state index in [0.29, 0.717) is 12.5 Å². The van der Waals surface area contributed by atoms with Gasteiger partial charge in [-0.2, -0.15) is 5.10 Å². The third-order valence-corrected chi connectivity index (χ3v) is 6.50. The molecule has 0 amide bonds. The molecule has 1 aliphatic carbocycles. The second-order valence-electron chi connectivity index (χ2n) is 8.26. The van der Waals surface area contributed by atoms with Crippen LogP contribution < -0.4 is 0 Å². The van der Waals surface area contributed by atoms with E-state index in [2.05, 4.69) is 29.2 Å². The van der Waals surface area contributed by atoms with E-state index in [-0.39, 0.29) is 0 Å². The number of carbonyl (C=O) groups is 1. The van der Waals surface area contributed by atoms with Crippen molar-refractivity contribution in [1.82, 2.24) is 14.7 Å². The minimum atomic E-state index is 0.602. The Labute approximate surface area is 183 Å². The highest BCUT2D eigenvalue weighted by molar-refractivity contribution is 6.31. The van der Waals surface area contributed by atoms with Gasteiger partial charge in [-0.05, 0) is 73.3 Å². The summed E-state index contributed by atoms with van der Waals surface area (Å²) < 4.78 is 1.83. The lowest BCUT2D eigenvalue weighted by Gasteiger charge is -2.31. The molecular formula is C25H28ClN3O. The standard InChI is InChI=1S/C25H28ClN3O/c1-28(23-6-3-2-4-7-23)17-21-16-25(26)20(15-22(21)18-30)14-19-8-10-24(11-9-19)29-13-5-12-27-29/h5,8-13,15-16,18,23H,2-4,6-7,14,17H2,1H3. The number of hydrogen-bond donors (Lipinski definition) is 0. The first-order valence-electron chi connectivity index (χ1n) is 10.7. The molecule has 1 aromatic heterocycles. The van der Waals surface area contributed by atoms with E-state index in [4.69, 9.17) is 11.6 Å². The van der Waals surface area contributed by atoms with Crippen molar-refractivity contribution in [2.45, 2.75) is 51.1 Å². The van der Waals surface area contributed by atoms with Gasteiger partial charge in [-0.25, -0.2) is 4.68 Å². The minimum Gasteiger partial charge on any atom is -0.299 e. The largest absolute Gasteiger partial charge is 0.299 e. The van der Waals surface area contributed by atoms with Gasteiger partial charge in [-0.15, -0.1) is 0 Å². The van der Waals surface area contributed by atoms with E-state index < -0.39 is 0 Å². The zero-order chi connectivity index (χ0) is 20.9. The number of carbonyl (C=O) groups excluding carboxylic acids is 1. The molecule has 1 heterocycles. The van der Waals surface area contributed by atoms with Gasteiger partial charge in [0.1, 0.15) is 6.29 Å². The monoisotopic (exact) mass is 421 g/mol. The summed E-state index contributed by atoms with van der Waals surface area (Å²) in [4.78, 5) is 14.2. The molecular weight excluding hydrogens is 394 g/mol. The maximum absolute atomic E-state index is 11.8. The van der Waals surface area contributed by atoms with E-state index in [1.807, 2.05) is 41.2 Å². The summed E-state index contributed by atoms with van der Waals surface area (Å²) in [6, 6.07) is 14.7. The van der Waals surface area contributed by atoms with Gasteiger partial charge >= 0.3 is 0 Å². The Bertz CT molecular complexity index is 976. The smallest absolute Gasteiger partial charge is 0.150 e. The molecule has 30 heavy (non-hydrogen) atoms. The topological polar surface area (TPSA) is 38.1 Å². The number of aldehydes is 1. The molecule has 156 valence electrons. The maximum Gasteiger partial charge on any atom is 0.150 e. The average molecular weight is 422 g/mol. The molecule has 1 saturated carbocycles. The van der Waals surface area contributed by atoms with Crippen LogP contribution in [-0.2, 0) is 13.0 Å². The Hall–Kier alpha value is -2.43. The third-order valence-electron chi connectivity index (χ3n) is 6.15. The number of nitrogens with zero attached hydrogens (tertiary/aromatic N) is 3. The number of benzene rings is 2. The van der Waals surface area contributed by atoms with E-state index in [9.17, 15) is 4.79 Å². The zero-order valence-electron chi connectivity index (χ0n) is 17.4. The second kappa shape index (κ2) is 9.59. The van der Waals surface area contributed by atoms with Crippen LogP contribution in [-0.4, -0.2) is 34.1 Å². The van der Waals surface area contributed by atoms with Crippen LogP contribution in [0.5, 0.6) is 0 Å². The van der Waals surface area contributed by atoms with Crippen molar-refractivity contribution in [1.29, 1.82) is 0 Å². The first kappa shape index (κ1) is 20.8. The molecule has 0 atom stereocenters.